The maximum atomic E-state index is 12.6. The van der Waals surface area contributed by atoms with Crippen molar-refractivity contribution in [3.8, 4) is 24.7 Å². The van der Waals surface area contributed by atoms with Gasteiger partial charge in [0.25, 0.3) is 0 Å². The van der Waals surface area contributed by atoms with Crippen LogP contribution in [0.25, 0.3) is 0 Å². The second kappa shape index (κ2) is 9.93. The average Bonchev–Trinajstić information content (AvgIpc) is 2.72. The lowest BCUT2D eigenvalue weighted by atomic mass is 9.82. The molecule has 1 N–H and O–H groups in total. The van der Waals surface area contributed by atoms with Crippen LogP contribution in [0.1, 0.15) is 28.8 Å². The molecule has 0 unspecified atom stereocenters. The molecule has 0 aromatic heterocycles. The molecule has 0 aliphatic carbocycles. The first-order valence-corrected chi connectivity index (χ1v) is 10.5. The van der Waals surface area contributed by atoms with Crippen molar-refractivity contribution in [1.82, 2.24) is 4.72 Å². The third-order valence-corrected chi connectivity index (χ3v) is 5.86. The van der Waals surface area contributed by atoms with Crippen molar-refractivity contribution in [2.24, 2.45) is 5.41 Å². The first kappa shape index (κ1) is 22.2. The van der Waals surface area contributed by atoms with Crippen LogP contribution in [0.15, 0.2) is 59.5 Å². The Morgan fingerprint density at radius 2 is 1.62 bits per heavy atom. The summed E-state index contributed by atoms with van der Waals surface area (Å²) in [5, 5.41) is 0. The number of ether oxygens (including phenoxy) is 1. The van der Waals surface area contributed by atoms with Crippen LogP contribution in [0.3, 0.4) is 0 Å². The fraction of sp³-hybridized carbons (Fsp3) is 0.261. The summed E-state index contributed by atoms with van der Waals surface area (Å²) >= 11 is 0. The summed E-state index contributed by atoms with van der Waals surface area (Å²) in [4.78, 5) is 12.4. The second-order valence-electron chi connectivity index (χ2n) is 6.84. The molecule has 0 bridgehead atoms. The van der Waals surface area contributed by atoms with E-state index in [0.717, 1.165) is 5.56 Å². The number of sulfonamides is 1. The standard InChI is InChI=1S/C23H23NO4S/c1-4-15-23(16-5-2,18-28-22(25)20-9-7-6-8-10-20)17-24-29(26,27)21-13-11-19(3)12-14-21/h1-2,6-14,24H,15-18H2,3H3. The quantitative estimate of drug-likeness (QED) is 0.510. The van der Waals surface area contributed by atoms with Gasteiger partial charge in [-0.3, -0.25) is 0 Å². The van der Waals surface area contributed by atoms with Crippen LogP contribution < -0.4 is 4.72 Å². The number of rotatable bonds is 9. The van der Waals surface area contributed by atoms with E-state index >= 15 is 0 Å². The normalized spacial score (nSPS) is 11.3. The number of terminal acetylenes is 2. The van der Waals surface area contributed by atoms with E-state index in [1.165, 1.54) is 12.1 Å². The number of carbonyl (C=O) groups is 1. The van der Waals surface area contributed by atoms with Crippen molar-refractivity contribution < 1.29 is 17.9 Å². The van der Waals surface area contributed by atoms with Crippen LogP contribution in [0.5, 0.6) is 0 Å². The molecular formula is C23H23NO4S. The van der Waals surface area contributed by atoms with Crippen LogP contribution in [-0.4, -0.2) is 27.5 Å². The maximum Gasteiger partial charge on any atom is 0.338 e. The van der Waals surface area contributed by atoms with Gasteiger partial charge in [0.15, 0.2) is 0 Å². The summed E-state index contributed by atoms with van der Waals surface area (Å²) in [7, 11) is -3.77. The SMILES string of the molecule is C#CCC(CC#C)(CNS(=O)(=O)c1ccc(C)cc1)COC(=O)c1ccccc1. The van der Waals surface area contributed by atoms with E-state index < -0.39 is 21.4 Å². The van der Waals surface area contributed by atoms with Gasteiger partial charge in [-0.1, -0.05) is 35.9 Å². The Labute approximate surface area is 172 Å². The first-order valence-electron chi connectivity index (χ1n) is 8.97. The number of nitrogens with one attached hydrogen (secondary N) is 1. The van der Waals surface area contributed by atoms with Gasteiger partial charge in [-0.25, -0.2) is 17.9 Å². The number of benzene rings is 2. The number of hydrogen-bond donors (Lipinski definition) is 1. The second-order valence-corrected chi connectivity index (χ2v) is 8.61. The average molecular weight is 410 g/mol. The summed E-state index contributed by atoms with van der Waals surface area (Å²) in [6.07, 6.45) is 11.3. The molecule has 0 fully saturated rings. The highest BCUT2D eigenvalue weighted by atomic mass is 32.2. The van der Waals surface area contributed by atoms with Gasteiger partial charge in [-0.2, -0.15) is 0 Å². The number of esters is 1. The zero-order valence-corrected chi connectivity index (χ0v) is 17.0. The minimum Gasteiger partial charge on any atom is -0.461 e. The van der Waals surface area contributed by atoms with Gasteiger partial charge >= 0.3 is 5.97 Å². The number of aryl methyl sites for hydroxylation is 1. The summed E-state index contributed by atoms with van der Waals surface area (Å²) < 4.78 is 33.3. The Bertz CT molecular complexity index is 997. The molecule has 0 aliphatic heterocycles. The molecular weight excluding hydrogens is 386 g/mol. The molecule has 0 saturated heterocycles. The van der Waals surface area contributed by atoms with Crippen LogP contribution >= 0.6 is 0 Å². The molecule has 0 saturated carbocycles. The lowest BCUT2D eigenvalue weighted by Crippen LogP contribution is -2.41. The Hall–Kier alpha value is -3.06. The van der Waals surface area contributed by atoms with Gasteiger partial charge in [-0.05, 0) is 31.2 Å². The van der Waals surface area contributed by atoms with Gasteiger partial charge in [0.1, 0.15) is 6.61 Å². The molecule has 0 spiro atoms. The zero-order valence-electron chi connectivity index (χ0n) is 16.2. The molecule has 2 rings (SSSR count). The van der Waals surface area contributed by atoms with Gasteiger partial charge < -0.3 is 4.74 Å². The van der Waals surface area contributed by atoms with Crippen molar-refractivity contribution in [2.75, 3.05) is 13.2 Å². The van der Waals surface area contributed by atoms with Gasteiger partial charge in [0.2, 0.25) is 10.0 Å². The molecule has 6 heteroatoms. The van der Waals surface area contributed by atoms with E-state index in [4.69, 9.17) is 17.6 Å². The summed E-state index contributed by atoms with van der Waals surface area (Å²) in [5.41, 5.74) is 0.431. The number of hydrogen-bond acceptors (Lipinski definition) is 4. The Morgan fingerprint density at radius 3 is 2.17 bits per heavy atom. The fourth-order valence-corrected chi connectivity index (χ4v) is 3.86. The van der Waals surface area contributed by atoms with Crippen molar-refractivity contribution in [1.29, 1.82) is 0 Å². The third-order valence-electron chi connectivity index (χ3n) is 4.44. The molecule has 0 amide bonds. The molecule has 2 aromatic rings. The minimum atomic E-state index is -3.77. The highest BCUT2D eigenvalue weighted by Gasteiger charge is 2.33. The predicted octanol–water partition coefficient (Wildman–Crippen LogP) is 3.16. The smallest absolute Gasteiger partial charge is 0.338 e. The largest absolute Gasteiger partial charge is 0.461 e. The zero-order chi connectivity index (χ0) is 21.3. The first-order chi connectivity index (χ1) is 13.8. The fourth-order valence-electron chi connectivity index (χ4n) is 2.70. The predicted molar refractivity (Wildman–Crippen MR) is 112 cm³/mol. The molecule has 2 aromatic carbocycles. The summed E-state index contributed by atoms with van der Waals surface area (Å²) in [6, 6.07) is 15.0. The molecule has 150 valence electrons. The molecule has 0 radical (unpaired) electrons. The van der Waals surface area contributed by atoms with E-state index in [0.29, 0.717) is 5.56 Å². The van der Waals surface area contributed by atoms with Crippen LogP contribution in [-0.2, 0) is 14.8 Å². The maximum absolute atomic E-state index is 12.6. The van der Waals surface area contributed by atoms with Gasteiger partial charge in [0, 0.05) is 24.8 Å². The van der Waals surface area contributed by atoms with Crippen molar-refractivity contribution >= 4 is 16.0 Å². The van der Waals surface area contributed by atoms with E-state index in [1.807, 2.05) is 6.92 Å². The highest BCUT2D eigenvalue weighted by molar-refractivity contribution is 7.89. The van der Waals surface area contributed by atoms with Crippen LogP contribution in [0, 0.1) is 37.0 Å². The lowest BCUT2D eigenvalue weighted by molar-refractivity contribution is 0.0304. The lowest BCUT2D eigenvalue weighted by Gasteiger charge is -2.30. The third kappa shape index (κ3) is 6.22. The van der Waals surface area contributed by atoms with E-state index in [-0.39, 0.29) is 30.9 Å². The molecule has 0 aliphatic rings. The van der Waals surface area contributed by atoms with E-state index in [9.17, 15) is 13.2 Å². The van der Waals surface area contributed by atoms with Gasteiger partial charge in [-0.15, -0.1) is 24.7 Å². The summed E-state index contributed by atoms with van der Waals surface area (Å²) in [5.74, 6) is 4.51. The minimum absolute atomic E-state index is 0.0559. The molecule has 0 heterocycles. The van der Waals surface area contributed by atoms with Crippen molar-refractivity contribution in [2.45, 2.75) is 24.7 Å². The van der Waals surface area contributed by atoms with Crippen molar-refractivity contribution in [3.05, 3.63) is 65.7 Å². The molecule has 5 nitrogen and oxygen atoms in total. The van der Waals surface area contributed by atoms with Gasteiger partial charge in [0.05, 0.1) is 10.5 Å². The Kier molecular flexibility index (Phi) is 7.61. The molecule has 0 atom stereocenters. The summed E-state index contributed by atoms with van der Waals surface area (Å²) in [6.45, 7) is 1.71. The van der Waals surface area contributed by atoms with E-state index in [1.54, 1.807) is 42.5 Å². The van der Waals surface area contributed by atoms with Crippen molar-refractivity contribution in [3.63, 3.8) is 0 Å². The van der Waals surface area contributed by atoms with Crippen LogP contribution in [0.4, 0.5) is 0 Å². The topological polar surface area (TPSA) is 72.5 Å². The Balaban J connectivity index is 2.16. The highest BCUT2D eigenvalue weighted by Crippen LogP contribution is 2.27. The number of carbonyl (C=O) groups excluding carboxylic acids is 1. The molecule has 29 heavy (non-hydrogen) atoms. The monoisotopic (exact) mass is 409 g/mol. The van der Waals surface area contributed by atoms with E-state index in [2.05, 4.69) is 16.6 Å². The Morgan fingerprint density at radius 1 is 1.03 bits per heavy atom. The van der Waals surface area contributed by atoms with Crippen LogP contribution in [0.2, 0.25) is 0 Å².